The van der Waals surface area contributed by atoms with Crippen LogP contribution in [0.1, 0.15) is 46.0 Å². The summed E-state index contributed by atoms with van der Waals surface area (Å²) in [5.74, 6) is 1.31. The van der Waals surface area contributed by atoms with Gasteiger partial charge >= 0.3 is 0 Å². The van der Waals surface area contributed by atoms with E-state index in [2.05, 4.69) is 23.9 Å². The predicted molar refractivity (Wildman–Crippen MR) is 69.1 cm³/mol. The highest BCUT2D eigenvalue weighted by molar-refractivity contribution is 5.80. The van der Waals surface area contributed by atoms with Crippen molar-refractivity contribution in [1.82, 2.24) is 4.90 Å². The lowest BCUT2D eigenvalue weighted by Crippen LogP contribution is -2.38. The molecule has 4 nitrogen and oxygen atoms in total. The fourth-order valence-corrected chi connectivity index (χ4v) is 2.51. The molecule has 0 radical (unpaired) electrons. The van der Waals surface area contributed by atoms with Gasteiger partial charge in [-0.3, -0.25) is 0 Å². The summed E-state index contributed by atoms with van der Waals surface area (Å²) in [6, 6.07) is 0.598. The van der Waals surface area contributed by atoms with Gasteiger partial charge in [0.15, 0.2) is 0 Å². The van der Waals surface area contributed by atoms with Crippen LogP contribution in [0.15, 0.2) is 5.16 Å². The molecule has 0 aromatic rings. The van der Waals surface area contributed by atoms with Crippen LogP contribution in [-0.2, 0) is 0 Å². The molecule has 98 valence electrons. The topological polar surface area (TPSA) is 61.8 Å². The van der Waals surface area contributed by atoms with E-state index in [1.165, 1.54) is 32.2 Å². The summed E-state index contributed by atoms with van der Waals surface area (Å²) in [7, 11) is 0. The minimum atomic E-state index is 0.301. The van der Waals surface area contributed by atoms with Gasteiger partial charge in [0.1, 0.15) is 5.84 Å². The van der Waals surface area contributed by atoms with Gasteiger partial charge in [-0.15, -0.1) is 0 Å². The van der Waals surface area contributed by atoms with Crippen molar-refractivity contribution < 1.29 is 5.21 Å². The molecule has 0 aliphatic heterocycles. The molecule has 2 fully saturated rings. The molecule has 0 bridgehead atoms. The Morgan fingerprint density at radius 3 is 2.53 bits per heavy atom. The van der Waals surface area contributed by atoms with E-state index in [0.29, 0.717) is 17.3 Å². The molecule has 0 saturated heterocycles. The predicted octanol–water partition coefficient (Wildman–Crippen LogP) is 2.02. The summed E-state index contributed by atoms with van der Waals surface area (Å²) >= 11 is 0. The molecule has 2 aliphatic rings. The molecule has 2 saturated carbocycles. The van der Waals surface area contributed by atoms with Gasteiger partial charge in [-0.1, -0.05) is 5.16 Å². The largest absolute Gasteiger partial charge is 0.409 e. The number of oxime groups is 1. The Labute approximate surface area is 104 Å². The lowest BCUT2D eigenvalue weighted by atomic mass is 10.00. The number of nitrogens with zero attached hydrogens (tertiary/aromatic N) is 2. The Morgan fingerprint density at radius 2 is 2.12 bits per heavy atom. The van der Waals surface area contributed by atoms with E-state index in [0.717, 1.165) is 18.9 Å². The number of hydrogen-bond acceptors (Lipinski definition) is 3. The zero-order valence-electron chi connectivity index (χ0n) is 11.0. The van der Waals surface area contributed by atoms with Gasteiger partial charge in [0.05, 0.1) is 0 Å². The zero-order chi connectivity index (χ0) is 12.5. The zero-order valence-corrected chi connectivity index (χ0v) is 11.0. The minimum Gasteiger partial charge on any atom is -0.409 e. The van der Waals surface area contributed by atoms with E-state index in [9.17, 15) is 0 Å². The standard InChI is InChI=1S/C13H25N3O/c1-10(2)16(8-11-3-4-11)9-13(5-6-13)7-12(14)15-17/h10-11,17H,3-9H2,1-2H3,(H2,14,15). The first-order valence-electron chi connectivity index (χ1n) is 6.75. The molecule has 0 aromatic heterocycles. The maximum absolute atomic E-state index is 8.67. The summed E-state index contributed by atoms with van der Waals surface area (Å²) in [5, 5.41) is 11.8. The summed E-state index contributed by atoms with van der Waals surface area (Å²) in [5.41, 5.74) is 5.95. The minimum absolute atomic E-state index is 0.301. The van der Waals surface area contributed by atoms with Crippen molar-refractivity contribution in [2.45, 2.75) is 52.0 Å². The molecule has 17 heavy (non-hydrogen) atoms. The average molecular weight is 239 g/mol. The van der Waals surface area contributed by atoms with Crippen LogP contribution in [0.2, 0.25) is 0 Å². The second-order valence-electron chi connectivity index (χ2n) is 6.23. The van der Waals surface area contributed by atoms with E-state index in [1.54, 1.807) is 0 Å². The van der Waals surface area contributed by atoms with Crippen LogP contribution in [0.25, 0.3) is 0 Å². The van der Waals surface area contributed by atoms with Crippen LogP contribution in [-0.4, -0.2) is 35.1 Å². The van der Waals surface area contributed by atoms with Crippen molar-refractivity contribution in [2.24, 2.45) is 22.2 Å². The molecule has 0 amide bonds. The third-order valence-electron chi connectivity index (χ3n) is 4.10. The van der Waals surface area contributed by atoms with Gasteiger partial charge in [0, 0.05) is 25.6 Å². The third-order valence-corrected chi connectivity index (χ3v) is 4.10. The Hall–Kier alpha value is -0.770. The second-order valence-corrected chi connectivity index (χ2v) is 6.23. The molecule has 0 atom stereocenters. The first-order chi connectivity index (χ1) is 8.04. The average Bonchev–Trinajstić information content (AvgIpc) is 3.15. The van der Waals surface area contributed by atoms with Crippen LogP contribution in [0.3, 0.4) is 0 Å². The molecule has 0 aromatic carbocycles. The van der Waals surface area contributed by atoms with Crippen molar-refractivity contribution in [3.8, 4) is 0 Å². The Bertz CT molecular complexity index is 293. The third kappa shape index (κ3) is 3.60. The smallest absolute Gasteiger partial charge is 0.139 e. The van der Waals surface area contributed by atoms with Crippen LogP contribution < -0.4 is 5.73 Å². The maximum atomic E-state index is 8.67. The highest BCUT2D eigenvalue weighted by Gasteiger charge is 2.45. The molecule has 4 heteroatoms. The molecular weight excluding hydrogens is 214 g/mol. The van der Waals surface area contributed by atoms with Crippen molar-refractivity contribution >= 4 is 5.84 Å². The van der Waals surface area contributed by atoms with Crippen LogP contribution in [0.4, 0.5) is 0 Å². The normalized spacial score (nSPS) is 23.4. The maximum Gasteiger partial charge on any atom is 0.139 e. The number of amidine groups is 1. The SMILES string of the molecule is CC(C)N(CC1CC1)CC1(CC(N)=NO)CC1. The van der Waals surface area contributed by atoms with E-state index in [-0.39, 0.29) is 0 Å². The first-order valence-corrected chi connectivity index (χ1v) is 6.75. The summed E-state index contributed by atoms with van der Waals surface area (Å²) in [6.07, 6.45) is 5.98. The van der Waals surface area contributed by atoms with E-state index in [1.807, 2.05) is 0 Å². The van der Waals surface area contributed by atoms with Crippen LogP contribution >= 0.6 is 0 Å². The monoisotopic (exact) mass is 239 g/mol. The van der Waals surface area contributed by atoms with Gasteiger partial charge in [-0.05, 0) is 50.9 Å². The van der Waals surface area contributed by atoms with Crippen molar-refractivity contribution in [1.29, 1.82) is 0 Å². The van der Waals surface area contributed by atoms with Gasteiger partial charge in [0.2, 0.25) is 0 Å². The molecular formula is C13H25N3O. The van der Waals surface area contributed by atoms with Crippen LogP contribution in [0, 0.1) is 11.3 Å². The van der Waals surface area contributed by atoms with Gasteiger partial charge in [-0.25, -0.2) is 0 Å². The lowest BCUT2D eigenvalue weighted by Gasteiger charge is -2.30. The Balaban J connectivity index is 1.87. The highest BCUT2D eigenvalue weighted by atomic mass is 16.4. The van der Waals surface area contributed by atoms with Crippen molar-refractivity contribution in [2.75, 3.05) is 13.1 Å². The van der Waals surface area contributed by atoms with E-state index in [4.69, 9.17) is 10.9 Å². The van der Waals surface area contributed by atoms with Crippen LogP contribution in [0.5, 0.6) is 0 Å². The number of nitrogens with two attached hydrogens (primary N) is 1. The Morgan fingerprint density at radius 1 is 1.47 bits per heavy atom. The summed E-state index contributed by atoms with van der Waals surface area (Å²) in [4.78, 5) is 2.58. The first kappa shape index (κ1) is 12.7. The summed E-state index contributed by atoms with van der Waals surface area (Å²) in [6.45, 7) is 6.87. The highest BCUT2D eigenvalue weighted by Crippen LogP contribution is 2.50. The lowest BCUT2D eigenvalue weighted by molar-refractivity contribution is 0.171. The van der Waals surface area contributed by atoms with Crippen molar-refractivity contribution in [3.05, 3.63) is 0 Å². The molecule has 2 aliphatic carbocycles. The van der Waals surface area contributed by atoms with Gasteiger partial charge in [0.25, 0.3) is 0 Å². The molecule has 0 heterocycles. The molecule has 2 rings (SSSR count). The van der Waals surface area contributed by atoms with E-state index < -0.39 is 0 Å². The van der Waals surface area contributed by atoms with Crippen molar-refractivity contribution in [3.63, 3.8) is 0 Å². The molecule has 0 spiro atoms. The molecule has 0 unspecified atom stereocenters. The van der Waals surface area contributed by atoms with Gasteiger partial charge in [-0.2, -0.15) is 0 Å². The molecule has 3 N–H and O–H groups in total. The fraction of sp³-hybridized carbons (Fsp3) is 0.923. The quantitative estimate of drug-likeness (QED) is 0.309. The Kier molecular flexibility index (Phi) is 3.61. The number of hydrogen-bond donors (Lipinski definition) is 2. The fourth-order valence-electron chi connectivity index (χ4n) is 2.51. The summed E-state index contributed by atoms with van der Waals surface area (Å²) < 4.78 is 0. The van der Waals surface area contributed by atoms with E-state index >= 15 is 0 Å². The number of rotatable bonds is 7. The van der Waals surface area contributed by atoms with Gasteiger partial charge < -0.3 is 15.8 Å². The second kappa shape index (κ2) is 4.84.